The van der Waals surface area contributed by atoms with Gasteiger partial charge in [-0.3, -0.25) is 0 Å². The lowest BCUT2D eigenvalue weighted by molar-refractivity contribution is -0.200. The van der Waals surface area contributed by atoms with Crippen molar-refractivity contribution in [2.75, 3.05) is 13.4 Å². The van der Waals surface area contributed by atoms with E-state index < -0.39 is 29.9 Å². The Kier molecular flexibility index (Phi) is 7.24. The van der Waals surface area contributed by atoms with Gasteiger partial charge in [-0.15, -0.1) is 23.1 Å². The lowest BCUT2D eigenvalue weighted by Crippen LogP contribution is -2.52. The van der Waals surface area contributed by atoms with Gasteiger partial charge in [-0.05, 0) is 54.1 Å². The van der Waals surface area contributed by atoms with Crippen LogP contribution in [-0.4, -0.2) is 52.4 Å². The second kappa shape index (κ2) is 9.95. The van der Waals surface area contributed by atoms with Gasteiger partial charge in [-0.1, -0.05) is 30.3 Å². The first-order valence-corrected chi connectivity index (χ1v) is 12.6. The lowest BCUT2D eigenvalue weighted by Gasteiger charge is -2.40. The summed E-state index contributed by atoms with van der Waals surface area (Å²) < 4.78 is 11.4. The highest BCUT2D eigenvalue weighted by atomic mass is 32.2. The Morgan fingerprint density at radius 1 is 1.00 bits per heavy atom. The molecule has 1 aliphatic rings. The zero-order chi connectivity index (χ0) is 22.8. The Hall–Kier alpha value is -1.87. The van der Waals surface area contributed by atoms with Crippen LogP contribution in [-0.2, 0) is 11.2 Å². The summed E-state index contributed by atoms with van der Waals surface area (Å²) in [5, 5.41) is 31.0. The van der Waals surface area contributed by atoms with Gasteiger partial charge in [0.05, 0.1) is 7.11 Å². The molecule has 0 amide bonds. The smallest absolute Gasteiger partial charge is 0.132 e. The summed E-state index contributed by atoms with van der Waals surface area (Å²) >= 11 is 3.05. The van der Waals surface area contributed by atoms with Crippen molar-refractivity contribution >= 4 is 23.1 Å². The molecule has 0 aliphatic carbocycles. The quantitative estimate of drug-likeness (QED) is 0.500. The van der Waals surface area contributed by atoms with E-state index in [0.717, 1.165) is 39.3 Å². The molecule has 0 radical (unpaired) electrons. The zero-order valence-corrected chi connectivity index (χ0v) is 19.9. The molecular formula is C25H28O5S2. The van der Waals surface area contributed by atoms with Gasteiger partial charge in [0.25, 0.3) is 0 Å². The first-order valence-electron chi connectivity index (χ1n) is 10.5. The highest BCUT2D eigenvalue weighted by Gasteiger charge is 2.44. The first kappa shape index (κ1) is 23.3. The summed E-state index contributed by atoms with van der Waals surface area (Å²) in [6.07, 6.45) is -1.70. The van der Waals surface area contributed by atoms with Gasteiger partial charge in [0.2, 0.25) is 0 Å². The molecule has 0 bridgehead atoms. The third kappa shape index (κ3) is 4.59. The minimum atomic E-state index is -1.25. The maximum atomic E-state index is 10.5. The van der Waals surface area contributed by atoms with E-state index in [4.69, 9.17) is 9.47 Å². The first-order chi connectivity index (χ1) is 15.4. The van der Waals surface area contributed by atoms with E-state index in [-0.39, 0.29) is 0 Å². The molecular weight excluding hydrogens is 444 g/mol. The third-order valence-corrected chi connectivity index (χ3v) is 7.88. The number of benzene rings is 2. The number of thioether (sulfide) groups is 1. The molecule has 1 fully saturated rings. The van der Waals surface area contributed by atoms with Crippen LogP contribution < -0.4 is 4.74 Å². The van der Waals surface area contributed by atoms with E-state index >= 15 is 0 Å². The summed E-state index contributed by atoms with van der Waals surface area (Å²) in [6, 6.07) is 18.2. The van der Waals surface area contributed by atoms with E-state index in [0.29, 0.717) is 0 Å². The van der Waals surface area contributed by atoms with Crippen LogP contribution >= 0.6 is 23.1 Å². The van der Waals surface area contributed by atoms with Crippen LogP contribution in [0.1, 0.15) is 27.7 Å². The fraction of sp³-hybridized carbons (Fsp3) is 0.360. The van der Waals surface area contributed by atoms with Crippen molar-refractivity contribution in [1.82, 2.24) is 0 Å². The van der Waals surface area contributed by atoms with E-state index in [1.54, 1.807) is 18.4 Å². The standard InChI is InChI=1S/C25H28O5S2/c1-14-8-9-15(24-22(27)21(26)23(28)25(30-24)31-3)12-16(14)13-17-10-11-20(32-17)18-6-4-5-7-19(18)29-2/h4-12,21-28H,13H2,1-3H3/t21-,22-,23+,24?,25-/m1/s1. The Labute approximate surface area is 196 Å². The fourth-order valence-corrected chi connectivity index (χ4v) is 5.76. The third-order valence-electron chi connectivity index (χ3n) is 5.90. The fourth-order valence-electron chi connectivity index (χ4n) is 4.03. The average molecular weight is 473 g/mol. The predicted molar refractivity (Wildman–Crippen MR) is 129 cm³/mol. The molecule has 7 heteroatoms. The van der Waals surface area contributed by atoms with Crippen LogP contribution in [0, 0.1) is 6.92 Å². The van der Waals surface area contributed by atoms with Gasteiger partial charge in [0, 0.05) is 21.7 Å². The molecule has 32 heavy (non-hydrogen) atoms. The van der Waals surface area contributed by atoms with Crippen LogP contribution in [0.5, 0.6) is 5.75 Å². The molecule has 5 atom stereocenters. The molecule has 0 spiro atoms. The van der Waals surface area contributed by atoms with E-state index in [2.05, 4.69) is 25.1 Å². The average Bonchev–Trinajstić information content (AvgIpc) is 3.27. The summed E-state index contributed by atoms with van der Waals surface area (Å²) in [6.45, 7) is 2.06. The van der Waals surface area contributed by atoms with E-state index in [1.165, 1.54) is 16.6 Å². The number of hydrogen-bond donors (Lipinski definition) is 3. The van der Waals surface area contributed by atoms with Gasteiger partial charge in [0.15, 0.2) is 0 Å². The number of aliphatic hydroxyl groups is 3. The summed E-state index contributed by atoms with van der Waals surface area (Å²) in [5.74, 6) is 0.853. The number of aryl methyl sites for hydroxylation is 1. The Bertz CT molecular complexity index is 1060. The number of methoxy groups -OCH3 is 1. The number of rotatable bonds is 6. The maximum absolute atomic E-state index is 10.5. The monoisotopic (exact) mass is 472 g/mol. The van der Waals surface area contributed by atoms with Gasteiger partial charge in [-0.25, -0.2) is 0 Å². The van der Waals surface area contributed by atoms with Gasteiger partial charge in [0.1, 0.15) is 35.6 Å². The molecule has 2 aromatic carbocycles. The molecule has 5 nitrogen and oxygen atoms in total. The van der Waals surface area contributed by atoms with Gasteiger partial charge < -0.3 is 24.8 Å². The van der Waals surface area contributed by atoms with Crippen molar-refractivity contribution < 1.29 is 24.8 Å². The maximum Gasteiger partial charge on any atom is 0.132 e. The molecule has 3 aromatic rings. The SMILES string of the molecule is COc1ccccc1-c1ccc(Cc2cc(C3O[C@H](SC)[C@@H](O)[C@H](O)[C@H]3O)ccc2C)s1. The van der Waals surface area contributed by atoms with Crippen LogP contribution in [0.4, 0.5) is 0 Å². The molecule has 0 saturated carbocycles. The minimum Gasteiger partial charge on any atom is -0.496 e. The molecule has 170 valence electrons. The molecule has 3 N–H and O–H groups in total. The molecule has 1 aliphatic heterocycles. The van der Waals surface area contributed by atoms with Crippen LogP contribution in [0.3, 0.4) is 0 Å². The largest absolute Gasteiger partial charge is 0.496 e. The van der Waals surface area contributed by atoms with Crippen LogP contribution in [0.15, 0.2) is 54.6 Å². The lowest BCUT2D eigenvalue weighted by atomic mass is 9.92. The number of para-hydroxylation sites is 1. The number of ether oxygens (including phenoxy) is 2. The molecule has 1 unspecified atom stereocenters. The summed E-state index contributed by atoms with van der Waals surface area (Å²) in [7, 11) is 1.68. The van der Waals surface area contributed by atoms with Crippen molar-refractivity contribution in [3.05, 3.63) is 76.2 Å². The van der Waals surface area contributed by atoms with Crippen LogP contribution in [0.25, 0.3) is 10.4 Å². The molecule has 4 rings (SSSR count). The minimum absolute atomic E-state index is 0.594. The molecule has 1 saturated heterocycles. The van der Waals surface area contributed by atoms with Crippen LogP contribution in [0.2, 0.25) is 0 Å². The number of hydrogen-bond acceptors (Lipinski definition) is 7. The number of thiophene rings is 1. The number of aliphatic hydroxyl groups excluding tert-OH is 3. The Balaban J connectivity index is 1.59. The normalized spacial score (nSPS) is 25.6. The summed E-state index contributed by atoms with van der Waals surface area (Å²) in [4.78, 5) is 2.37. The van der Waals surface area contributed by atoms with E-state index in [1.807, 2.05) is 42.7 Å². The molecule has 2 heterocycles. The topological polar surface area (TPSA) is 79.2 Å². The predicted octanol–water partition coefficient (Wildman–Crippen LogP) is 4.17. The summed E-state index contributed by atoms with van der Waals surface area (Å²) in [5.41, 5.74) is 3.56. The van der Waals surface area contributed by atoms with Crippen molar-refractivity contribution in [2.24, 2.45) is 0 Å². The zero-order valence-electron chi connectivity index (χ0n) is 18.3. The second-order valence-corrected chi connectivity index (χ2v) is 10.1. The highest BCUT2D eigenvalue weighted by Crippen LogP contribution is 2.38. The van der Waals surface area contributed by atoms with Crippen molar-refractivity contribution in [2.45, 2.75) is 43.2 Å². The van der Waals surface area contributed by atoms with Gasteiger partial charge in [-0.2, -0.15) is 0 Å². The Morgan fingerprint density at radius 2 is 1.78 bits per heavy atom. The van der Waals surface area contributed by atoms with Gasteiger partial charge >= 0.3 is 0 Å². The van der Waals surface area contributed by atoms with Crippen molar-refractivity contribution in [3.63, 3.8) is 0 Å². The highest BCUT2D eigenvalue weighted by molar-refractivity contribution is 7.99. The molecule has 1 aromatic heterocycles. The van der Waals surface area contributed by atoms with Crippen molar-refractivity contribution in [1.29, 1.82) is 0 Å². The second-order valence-electron chi connectivity index (χ2n) is 7.96. The Morgan fingerprint density at radius 3 is 2.53 bits per heavy atom. The van der Waals surface area contributed by atoms with E-state index in [9.17, 15) is 15.3 Å². The van der Waals surface area contributed by atoms with Crippen molar-refractivity contribution in [3.8, 4) is 16.2 Å².